The Morgan fingerprint density at radius 2 is 1.83 bits per heavy atom. The Morgan fingerprint density at radius 3 is 2.33 bits per heavy atom. The minimum Gasteiger partial charge on any atom is -0.280 e. The minimum atomic E-state index is -3.72. The van der Waals surface area contributed by atoms with E-state index in [-0.39, 0.29) is 4.90 Å². The smallest absolute Gasteiger partial charge is 0.262 e. The lowest BCUT2D eigenvalue weighted by Gasteiger charge is -2.07. The molecule has 5 nitrogen and oxygen atoms in total. The van der Waals surface area contributed by atoms with Gasteiger partial charge < -0.3 is 0 Å². The number of hydrogen-bond acceptors (Lipinski definition) is 3. The summed E-state index contributed by atoms with van der Waals surface area (Å²) in [6.07, 6.45) is 0. The number of halogens is 1. The topological polar surface area (TPSA) is 74.8 Å². The third kappa shape index (κ3) is 2.35. The van der Waals surface area contributed by atoms with Gasteiger partial charge in [0.1, 0.15) is 5.82 Å². The zero-order valence-corrected chi connectivity index (χ0v) is 10.7. The fourth-order valence-electron chi connectivity index (χ4n) is 1.51. The van der Waals surface area contributed by atoms with Crippen LogP contribution in [0.2, 0.25) is 0 Å². The second-order valence-electron chi connectivity index (χ2n) is 3.87. The van der Waals surface area contributed by atoms with E-state index in [9.17, 15) is 12.8 Å². The molecule has 2 N–H and O–H groups in total. The summed E-state index contributed by atoms with van der Waals surface area (Å²) in [6, 6.07) is 4.62. The summed E-state index contributed by atoms with van der Waals surface area (Å²) >= 11 is 0. The molecular formula is C11H12FN3O2S. The highest BCUT2D eigenvalue weighted by atomic mass is 32.2. The van der Waals surface area contributed by atoms with E-state index >= 15 is 0 Å². The highest BCUT2D eigenvalue weighted by Crippen LogP contribution is 2.21. The lowest BCUT2D eigenvalue weighted by atomic mass is 10.3. The van der Waals surface area contributed by atoms with Gasteiger partial charge in [0.2, 0.25) is 0 Å². The maximum absolute atomic E-state index is 12.8. The van der Waals surface area contributed by atoms with Gasteiger partial charge in [0.25, 0.3) is 10.0 Å². The molecule has 0 unspecified atom stereocenters. The molecule has 1 aromatic carbocycles. The van der Waals surface area contributed by atoms with Gasteiger partial charge in [-0.25, -0.2) is 12.8 Å². The summed E-state index contributed by atoms with van der Waals surface area (Å²) in [5.41, 5.74) is 1.59. The van der Waals surface area contributed by atoms with Crippen LogP contribution in [0.1, 0.15) is 11.4 Å². The zero-order valence-electron chi connectivity index (χ0n) is 9.86. The minimum absolute atomic E-state index is 0.00361. The van der Waals surface area contributed by atoms with Crippen molar-refractivity contribution in [3.8, 4) is 0 Å². The van der Waals surface area contributed by atoms with E-state index in [1.165, 1.54) is 12.1 Å². The van der Waals surface area contributed by atoms with Gasteiger partial charge >= 0.3 is 0 Å². The third-order valence-corrected chi connectivity index (χ3v) is 3.85. The number of benzene rings is 1. The van der Waals surface area contributed by atoms with Gasteiger partial charge in [-0.1, -0.05) is 0 Å². The molecule has 0 atom stereocenters. The monoisotopic (exact) mass is 269 g/mol. The van der Waals surface area contributed by atoms with E-state index < -0.39 is 15.8 Å². The van der Waals surface area contributed by atoms with Crippen LogP contribution in [0.4, 0.5) is 10.1 Å². The van der Waals surface area contributed by atoms with Crippen molar-refractivity contribution in [1.82, 2.24) is 10.2 Å². The van der Waals surface area contributed by atoms with E-state index in [4.69, 9.17) is 0 Å². The van der Waals surface area contributed by atoms with Crippen molar-refractivity contribution in [2.45, 2.75) is 18.7 Å². The van der Waals surface area contributed by atoms with Crippen molar-refractivity contribution in [3.05, 3.63) is 41.5 Å². The number of H-pyrrole nitrogens is 1. The van der Waals surface area contributed by atoms with Crippen molar-refractivity contribution >= 4 is 15.7 Å². The molecule has 2 rings (SSSR count). The maximum Gasteiger partial charge on any atom is 0.262 e. The molecule has 18 heavy (non-hydrogen) atoms. The van der Waals surface area contributed by atoms with Gasteiger partial charge in [-0.3, -0.25) is 9.82 Å². The molecule has 0 radical (unpaired) electrons. The van der Waals surface area contributed by atoms with Crippen LogP contribution in [0.15, 0.2) is 29.2 Å². The molecule has 0 bridgehead atoms. The number of aromatic nitrogens is 2. The van der Waals surface area contributed by atoms with Crippen molar-refractivity contribution in [1.29, 1.82) is 0 Å². The van der Waals surface area contributed by atoms with E-state index in [1.807, 2.05) is 0 Å². The molecule has 1 aromatic heterocycles. The van der Waals surface area contributed by atoms with Crippen LogP contribution in [0.3, 0.4) is 0 Å². The number of hydrogen-bond donors (Lipinski definition) is 2. The number of sulfonamides is 1. The first-order chi connectivity index (χ1) is 8.40. The normalized spacial score (nSPS) is 11.5. The number of rotatable bonds is 3. The van der Waals surface area contributed by atoms with Crippen LogP contribution in [-0.2, 0) is 10.0 Å². The van der Waals surface area contributed by atoms with Gasteiger partial charge in [0, 0.05) is 0 Å². The Labute approximate surface area is 104 Å². The predicted octanol–water partition coefficient (Wildman–Crippen LogP) is 1.97. The van der Waals surface area contributed by atoms with Crippen LogP contribution in [0.5, 0.6) is 0 Å². The van der Waals surface area contributed by atoms with Gasteiger partial charge in [0.15, 0.2) is 0 Å². The third-order valence-electron chi connectivity index (χ3n) is 2.49. The summed E-state index contributed by atoms with van der Waals surface area (Å²) in [5.74, 6) is -0.482. The standard InChI is InChI=1S/C11H12FN3O2S/c1-7-11(8(2)14-13-7)15-18(16,17)10-5-3-9(12)4-6-10/h3-6,15H,1-2H3,(H,13,14). The molecule has 0 aliphatic heterocycles. The highest BCUT2D eigenvalue weighted by Gasteiger charge is 2.17. The van der Waals surface area contributed by atoms with Gasteiger partial charge in [-0.2, -0.15) is 5.10 Å². The Balaban J connectivity index is 2.36. The Kier molecular flexibility index (Phi) is 3.08. The summed E-state index contributed by atoms with van der Waals surface area (Å²) < 4.78 is 39.3. The molecule has 96 valence electrons. The van der Waals surface area contributed by atoms with Gasteiger partial charge in [-0.05, 0) is 38.1 Å². The first-order valence-corrected chi connectivity index (χ1v) is 6.68. The summed E-state index contributed by atoms with van der Waals surface area (Å²) in [5, 5.41) is 6.58. The number of nitrogens with one attached hydrogen (secondary N) is 2. The molecular weight excluding hydrogens is 257 g/mol. The van der Waals surface area contributed by atoms with Crippen LogP contribution < -0.4 is 4.72 Å². The van der Waals surface area contributed by atoms with E-state index in [0.29, 0.717) is 17.1 Å². The number of nitrogens with zero attached hydrogens (tertiary/aromatic N) is 1. The molecule has 0 saturated carbocycles. The van der Waals surface area contributed by atoms with Crippen LogP contribution in [-0.4, -0.2) is 18.6 Å². The van der Waals surface area contributed by atoms with E-state index in [0.717, 1.165) is 12.1 Å². The van der Waals surface area contributed by atoms with Crippen LogP contribution >= 0.6 is 0 Å². The van der Waals surface area contributed by atoms with Crippen molar-refractivity contribution in [2.24, 2.45) is 0 Å². The van der Waals surface area contributed by atoms with E-state index in [1.54, 1.807) is 13.8 Å². The number of anilines is 1. The molecule has 2 aromatic rings. The summed E-state index contributed by atoms with van der Waals surface area (Å²) in [7, 11) is -3.72. The largest absolute Gasteiger partial charge is 0.280 e. The average Bonchev–Trinajstić information content (AvgIpc) is 2.61. The van der Waals surface area contributed by atoms with Crippen LogP contribution in [0, 0.1) is 19.7 Å². The maximum atomic E-state index is 12.8. The molecule has 0 aliphatic carbocycles. The SMILES string of the molecule is Cc1n[nH]c(C)c1NS(=O)(=O)c1ccc(F)cc1. The van der Waals surface area contributed by atoms with Crippen molar-refractivity contribution in [2.75, 3.05) is 4.72 Å². The fourth-order valence-corrected chi connectivity index (χ4v) is 2.69. The van der Waals surface area contributed by atoms with Gasteiger partial charge in [-0.15, -0.1) is 0 Å². The quantitative estimate of drug-likeness (QED) is 0.894. The van der Waals surface area contributed by atoms with Crippen molar-refractivity contribution in [3.63, 3.8) is 0 Å². The second-order valence-corrected chi connectivity index (χ2v) is 5.55. The lowest BCUT2D eigenvalue weighted by molar-refractivity contribution is 0.599. The molecule has 0 fully saturated rings. The van der Waals surface area contributed by atoms with Crippen molar-refractivity contribution < 1.29 is 12.8 Å². The average molecular weight is 269 g/mol. The Hall–Kier alpha value is -1.89. The molecule has 1 heterocycles. The van der Waals surface area contributed by atoms with E-state index in [2.05, 4.69) is 14.9 Å². The summed E-state index contributed by atoms with van der Waals surface area (Å²) in [6.45, 7) is 3.40. The Morgan fingerprint density at radius 1 is 1.22 bits per heavy atom. The lowest BCUT2D eigenvalue weighted by Crippen LogP contribution is -2.13. The zero-order chi connectivity index (χ0) is 13.3. The summed E-state index contributed by atoms with van der Waals surface area (Å²) in [4.78, 5) is 0.00361. The molecule has 0 amide bonds. The molecule has 0 saturated heterocycles. The predicted molar refractivity (Wildman–Crippen MR) is 65.3 cm³/mol. The fraction of sp³-hybridized carbons (Fsp3) is 0.182. The highest BCUT2D eigenvalue weighted by molar-refractivity contribution is 7.92. The molecule has 0 aliphatic rings. The van der Waals surface area contributed by atoms with Crippen LogP contribution in [0.25, 0.3) is 0 Å². The Bertz CT molecular complexity index is 643. The first kappa shape index (κ1) is 12.6. The first-order valence-electron chi connectivity index (χ1n) is 5.20. The number of aryl methyl sites for hydroxylation is 2. The molecule has 7 heteroatoms. The number of aromatic amines is 1. The molecule has 0 spiro atoms. The van der Waals surface area contributed by atoms with Gasteiger partial charge in [0.05, 0.1) is 22.0 Å². The second kappa shape index (κ2) is 4.41.